The number of nitrogens with zero attached hydrogens (tertiary/aromatic N) is 9. The van der Waals surface area contributed by atoms with Gasteiger partial charge in [-0.05, 0) is 182 Å². The summed E-state index contributed by atoms with van der Waals surface area (Å²) in [6.07, 6.45) is 0. The number of rotatable bonds is 15. The number of hydrogen-bond acceptors (Lipinski definition) is 6. The molecule has 0 radical (unpaired) electrons. The molecule has 15 aromatic carbocycles. The molecule has 0 saturated carbocycles. The molecule has 480 valence electrons. The second-order valence-electron chi connectivity index (χ2n) is 25.6. The van der Waals surface area contributed by atoms with E-state index in [1.165, 1.54) is 16.2 Å². The van der Waals surface area contributed by atoms with Gasteiger partial charge in [0.15, 0.2) is 17.5 Å². The third-order valence-electron chi connectivity index (χ3n) is 19.6. The van der Waals surface area contributed by atoms with Gasteiger partial charge in [-0.25, -0.2) is 15.0 Å². The van der Waals surface area contributed by atoms with Gasteiger partial charge < -0.3 is 28.4 Å². The molecule has 0 saturated heterocycles. The molecule has 0 aliphatic rings. The zero-order valence-electron chi connectivity index (χ0n) is 55.4. The Morgan fingerprint density at radius 3 is 0.676 bits per heavy atom. The Morgan fingerprint density at radius 2 is 0.392 bits per heavy atom. The molecule has 102 heavy (non-hydrogen) atoms. The molecule has 0 amide bonds. The van der Waals surface area contributed by atoms with E-state index in [1.807, 2.05) is 0 Å². The van der Waals surface area contributed by atoms with Crippen LogP contribution in [0.5, 0.6) is 0 Å². The maximum absolute atomic E-state index is 5.56. The highest BCUT2D eigenvalue weighted by molar-refractivity contribution is 6.13. The van der Waals surface area contributed by atoms with Gasteiger partial charge in [0.2, 0.25) is 0 Å². The van der Waals surface area contributed by atoms with E-state index < -0.39 is 0 Å². The van der Waals surface area contributed by atoms with Crippen LogP contribution in [0.15, 0.2) is 382 Å². The molecule has 19 rings (SSSR count). The Bertz CT molecular complexity index is 5700. The van der Waals surface area contributed by atoms with Crippen LogP contribution in [0.2, 0.25) is 0 Å². The van der Waals surface area contributed by atoms with Crippen LogP contribution in [0.25, 0.3) is 117 Å². The molecule has 9 nitrogen and oxygen atoms in total. The Morgan fingerprint density at radius 1 is 0.167 bits per heavy atom. The van der Waals surface area contributed by atoms with Crippen molar-refractivity contribution in [2.45, 2.75) is 0 Å². The average molecular weight is 1310 g/mol. The van der Waals surface area contributed by atoms with Crippen LogP contribution < -0.4 is 14.7 Å². The predicted molar refractivity (Wildman–Crippen MR) is 423 cm³/mol. The van der Waals surface area contributed by atoms with E-state index in [2.05, 4.69) is 411 Å². The number of aromatic nitrogens is 6. The lowest BCUT2D eigenvalue weighted by atomic mass is 10.1. The Kier molecular flexibility index (Phi) is 14.7. The maximum Gasteiger partial charge on any atom is 0.164 e. The normalized spacial score (nSPS) is 11.5. The van der Waals surface area contributed by atoms with Crippen LogP contribution in [-0.2, 0) is 0 Å². The summed E-state index contributed by atoms with van der Waals surface area (Å²) in [4.78, 5) is 23.7. The zero-order valence-corrected chi connectivity index (χ0v) is 55.4. The van der Waals surface area contributed by atoms with E-state index in [4.69, 9.17) is 15.0 Å². The highest BCUT2D eigenvalue weighted by atomic mass is 15.2. The number of anilines is 9. The Balaban J connectivity index is 0.778. The van der Waals surface area contributed by atoms with Crippen molar-refractivity contribution in [1.29, 1.82) is 0 Å². The lowest BCUT2D eigenvalue weighted by Gasteiger charge is -2.26. The molecular weight excluding hydrogens is 1240 g/mol. The van der Waals surface area contributed by atoms with E-state index in [1.54, 1.807) is 0 Å². The van der Waals surface area contributed by atoms with Gasteiger partial charge in [-0.3, -0.25) is 0 Å². The standard InChI is InChI=1S/C93H63N9/c1-7-31-67(32-8-1)97(76-52-55-88-82(61-76)79-46-19-22-49-85(79)100(88)70-37-13-4-14-38-70)73-43-25-28-64(58-73)91-94-92(65-29-26-44-74(59-65)98(68-33-9-2-10-34-68)77-53-56-89-83(62-77)80-47-20-23-50-86(80)101(89)71-39-15-5-16-40-71)96-93(95-91)66-30-27-45-75(60-66)99(69-35-11-3-12-36-69)78-54-57-90-84(63-78)81-48-21-24-51-87(81)102(90)72-41-17-6-18-42-72/h1-63H. The second-order valence-corrected chi connectivity index (χ2v) is 25.6. The summed E-state index contributed by atoms with van der Waals surface area (Å²) in [6, 6.07) is 136. The molecule has 0 aliphatic carbocycles. The first-order valence-corrected chi connectivity index (χ1v) is 34.5. The molecule has 9 heteroatoms. The van der Waals surface area contributed by atoms with Crippen molar-refractivity contribution in [3.8, 4) is 51.2 Å². The van der Waals surface area contributed by atoms with Gasteiger partial charge >= 0.3 is 0 Å². The van der Waals surface area contributed by atoms with Crippen LogP contribution in [0, 0.1) is 0 Å². The fourth-order valence-electron chi connectivity index (χ4n) is 15.1. The van der Waals surface area contributed by atoms with Crippen LogP contribution in [0.1, 0.15) is 0 Å². The minimum Gasteiger partial charge on any atom is -0.310 e. The summed E-state index contributed by atoms with van der Waals surface area (Å²) in [5, 5.41) is 7.01. The Labute approximate surface area is 589 Å². The summed E-state index contributed by atoms with van der Waals surface area (Å²) in [5.74, 6) is 1.59. The third kappa shape index (κ3) is 10.5. The summed E-state index contributed by atoms with van der Waals surface area (Å²) >= 11 is 0. The first kappa shape index (κ1) is 59.4. The highest BCUT2D eigenvalue weighted by Crippen LogP contribution is 2.46. The number of para-hydroxylation sites is 9. The van der Waals surface area contributed by atoms with E-state index in [0.717, 1.165) is 134 Å². The van der Waals surface area contributed by atoms with E-state index in [-0.39, 0.29) is 0 Å². The largest absolute Gasteiger partial charge is 0.310 e. The first-order chi connectivity index (χ1) is 50.6. The summed E-state index contributed by atoms with van der Waals surface area (Å²) in [5.41, 5.74) is 21.6. The molecular formula is C93H63N9. The summed E-state index contributed by atoms with van der Waals surface area (Å²) < 4.78 is 7.08. The van der Waals surface area contributed by atoms with Gasteiger partial charge in [-0.2, -0.15) is 0 Å². The average Bonchev–Trinajstić information content (AvgIpc) is 1.59. The molecule has 0 unspecified atom stereocenters. The van der Waals surface area contributed by atoms with Crippen molar-refractivity contribution in [2.24, 2.45) is 0 Å². The maximum atomic E-state index is 5.56. The van der Waals surface area contributed by atoms with E-state index in [0.29, 0.717) is 17.5 Å². The molecule has 0 spiro atoms. The quantitative estimate of drug-likeness (QED) is 0.102. The lowest BCUT2D eigenvalue weighted by molar-refractivity contribution is 1.07. The van der Waals surface area contributed by atoms with Gasteiger partial charge in [-0.1, -0.05) is 200 Å². The van der Waals surface area contributed by atoms with Crippen LogP contribution in [-0.4, -0.2) is 28.7 Å². The SMILES string of the molecule is c1ccc(N(c2cccc(-c3nc(-c4cccc(N(c5ccccc5)c5ccc6c(c5)c5ccccc5n6-c5ccccc5)c4)nc(-c4cccc(N(c5ccccc5)c5ccc6c(c5)c5ccccc5n6-c5ccccc5)c4)n3)c2)c2ccc3c(c2)c2ccccc2n3-c2ccccc2)cc1. The lowest BCUT2D eigenvalue weighted by Crippen LogP contribution is -2.11. The van der Waals surface area contributed by atoms with Gasteiger partial charge in [0.25, 0.3) is 0 Å². The monoisotopic (exact) mass is 1310 g/mol. The van der Waals surface area contributed by atoms with Crippen LogP contribution in [0.3, 0.4) is 0 Å². The van der Waals surface area contributed by atoms with Crippen LogP contribution in [0.4, 0.5) is 51.2 Å². The highest BCUT2D eigenvalue weighted by Gasteiger charge is 2.24. The molecule has 0 aliphatic heterocycles. The molecule has 0 fully saturated rings. The fraction of sp³-hybridized carbons (Fsp3) is 0. The molecule has 4 aromatic heterocycles. The van der Waals surface area contributed by atoms with Gasteiger partial charge in [0.1, 0.15) is 0 Å². The number of benzene rings is 15. The van der Waals surface area contributed by atoms with Crippen molar-refractivity contribution in [1.82, 2.24) is 28.7 Å². The molecule has 19 aromatic rings. The van der Waals surface area contributed by atoms with Crippen molar-refractivity contribution in [3.63, 3.8) is 0 Å². The minimum absolute atomic E-state index is 0.530. The second kappa shape index (κ2) is 25.2. The van der Waals surface area contributed by atoms with E-state index in [9.17, 15) is 0 Å². The van der Waals surface area contributed by atoms with Crippen molar-refractivity contribution < 1.29 is 0 Å². The summed E-state index contributed by atoms with van der Waals surface area (Å²) in [7, 11) is 0. The third-order valence-corrected chi connectivity index (χ3v) is 19.6. The van der Waals surface area contributed by atoms with Gasteiger partial charge in [0.05, 0.1) is 33.1 Å². The molecule has 4 heterocycles. The van der Waals surface area contributed by atoms with Crippen molar-refractivity contribution >= 4 is 117 Å². The van der Waals surface area contributed by atoms with E-state index >= 15 is 0 Å². The molecule has 0 atom stereocenters. The number of fused-ring (bicyclic) bond motifs is 9. The number of hydrogen-bond donors (Lipinski definition) is 0. The predicted octanol–water partition coefficient (Wildman–Crippen LogP) is 24.6. The Hall–Kier alpha value is -13.9. The van der Waals surface area contributed by atoms with Gasteiger partial charge in [0, 0.05) is 117 Å². The molecule has 0 N–H and O–H groups in total. The first-order valence-electron chi connectivity index (χ1n) is 34.5. The molecule has 0 bridgehead atoms. The fourth-order valence-corrected chi connectivity index (χ4v) is 15.1. The van der Waals surface area contributed by atoms with Gasteiger partial charge in [-0.15, -0.1) is 0 Å². The smallest absolute Gasteiger partial charge is 0.164 e. The zero-order chi connectivity index (χ0) is 67.5. The van der Waals surface area contributed by atoms with Crippen molar-refractivity contribution in [2.75, 3.05) is 14.7 Å². The van der Waals surface area contributed by atoms with Crippen molar-refractivity contribution in [3.05, 3.63) is 382 Å². The summed E-state index contributed by atoms with van der Waals surface area (Å²) in [6.45, 7) is 0. The van der Waals surface area contributed by atoms with Crippen LogP contribution >= 0.6 is 0 Å². The minimum atomic E-state index is 0.530. The topological polar surface area (TPSA) is 63.2 Å².